The van der Waals surface area contributed by atoms with Crippen LogP contribution in [0.5, 0.6) is 0 Å². The van der Waals surface area contributed by atoms with Gasteiger partial charge in [-0.3, -0.25) is 10.1 Å². The molecule has 0 bridgehead atoms. The molecular formula is C27H22NO. The van der Waals surface area contributed by atoms with Gasteiger partial charge < -0.3 is 0 Å². The number of benzene rings is 3. The molecule has 5 rings (SSSR count). The van der Waals surface area contributed by atoms with Crippen molar-refractivity contribution in [1.82, 2.24) is 5.32 Å². The van der Waals surface area contributed by atoms with Gasteiger partial charge in [-0.05, 0) is 60.4 Å². The predicted octanol–water partition coefficient (Wildman–Crippen LogP) is 4.91. The molecular weight excluding hydrogens is 354 g/mol. The first-order valence-electron chi connectivity index (χ1n) is 10.0. The number of Topliss-reactive ketones (excluding diaryl/α,β-unsaturated/α-hetero) is 1. The zero-order chi connectivity index (χ0) is 19.8. The Labute approximate surface area is 173 Å². The van der Waals surface area contributed by atoms with Crippen LogP contribution >= 0.6 is 0 Å². The monoisotopic (exact) mass is 376 g/mol. The van der Waals surface area contributed by atoms with Crippen molar-refractivity contribution in [2.75, 3.05) is 0 Å². The van der Waals surface area contributed by atoms with Gasteiger partial charge in [0, 0.05) is 0 Å². The predicted molar refractivity (Wildman–Crippen MR) is 116 cm³/mol. The van der Waals surface area contributed by atoms with Crippen molar-refractivity contribution >= 4 is 5.78 Å². The molecule has 2 nitrogen and oxygen atoms in total. The Morgan fingerprint density at radius 1 is 0.759 bits per heavy atom. The molecule has 29 heavy (non-hydrogen) atoms. The lowest BCUT2D eigenvalue weighted by atomic mass is 9.79. The van der Waals surface area contributed by atoms with E-state index in [0.29, 0.717) is 0 Å². The van der Waals surface area contributed by atoms with Gasteiger partial charge in [0.05, 0.1) is 17.5 Å². The van der Waals surface area contributed by atoms with Crippen LogP contribution in [0, 0.1) is 31.6 Å². The second-order valence-corrected chi connectivity index (χ2v) is 7.61. The number of ketones is 1. The molecule has 141 valence electrons. The summed E-state index contributed by atoms with van der Waals surface area (Å²) in [6.45, 7) is 1.96. The maximum atomic E-state index is 13.1. The van der Waals surface area contributed by atoms with E-state index in [2.05, 4.69) is 78.1 Å². The molecule has 0 spiro atoms. The largest absolute Gasteiger partial charge is 0.297 e. The van der Waals surface area contributed by atoms with Crippen LogP contribution in [-0.4, -0.2) is 11.8 Å². The maximum absolute atomic E-state index is 13.1. The van der Waals surface area contributed by atoms with Crippen LogP contribution < -0.4 is 5.32 Å². The van der Waals surface area contributed by atoms with Crippen molar-refractivity contribution in [3.63, 3.8) is 0 Å². The van der Waals surface area contributed by atoms with Crippen molar-refractivity contribution in [3.05, 3.63) is 127 Å². The first kappa shape index (κ1) is 18.3. The molecule has 1 saturated carbocycles. The van der Waals surface area contributed by atoms with Gasteiger partial charge in [0.2, 0.25) is 0 Å². The minimum Gasteiger partial charge on any atom is -0.297 e. The van der Waals surface area contributed by atoms with Gasteiger partial charge in [0.1, 0.15) is 0 Å². The molecule has 0 saturated heterocycles. The quantitative estimate of drug-likeness (QED) is 0.685. The van der Waals surface area contributed by atoms with Gasteiger partial charge in [-0.1, -0.05) is 78.9 Å². The molecule has 2 heteroatoms. The molecule has 1 N–H and O–H groups in total. The number of hydrogen-bond acceptors (Lipinski definition) is 2. The first-order valence-corrected chi connectivity index (χ1v) is 10.0. The average Bonchev–Trinajstić information content (AvgIpc) is 3.41. The number of carbonyl (C=O) groups excluding carboxylic acids is 1. The molecule has 3 aromatic carbocycles. The van der Waals surface area contributed by atoms with Crippen LogP contribution in [0.15, 0.2) is 78.9 Å². The summed E-state index contributed by atoms with van der Waals surface area (Å²) >= 11 is 0. The molecule has 0 heterocycles. The Morgan fingerprint density at radius 3 is 1.86 bits per heavy atom. The highest BCUT2D eigenvalue weighted by atomic mass is 16.1. The van der Waals surface area contributed by atoms with Crippen LogP contribution in [0.2, 0.25) is 0 Å². The summed E-state index contributed by atoms with van der Waals surface area (Å²) in [4.78, 5) is 13.1. The molecule has 1 fully saturated rings. The minimum atomic E-state index is -0.573. The zero-order valence-electron chi connectivity index (χ0n) is 16.3. The Hall–Kier alpha value is -2.71. The van der Waals surface area contributed by atoms with Crippen LogP contribution in [0.25, 0.3) is 11.1 Å². The molecule has 0 amide bonds. The Balaban J connectivity index is 1.68. The smallest absolute Gasteiger partial charge is 0.157 e. The Bertz CT molecular complexity index is 988. The molecule has 1 atom stereocenters. The standard InChI is InChI=1S/C27H22NO/c1-19(26(29)20-11-5-6-12-20)28-27(21-13-3-2-4-14-21)24-17-9-7-15-22(24)23-16-8-10-18-25(23)27/h2-19,28H,1H3/t19-/m0/s1. The fourth-order valence-corrected chi connectivity index (χ4v) is 4.65. The van der Waals surface area contributed by atoms with Gasteiger partial charge in [-0.2, -0.15) is 0 Å². The zero-order valence-corrected chi connectivity index (χ0v) is 16.3. The van der Waals surface area contributed by atoms with Crippen LogP contribution in [0.4, 0.5) is 0 Å². The summed E-state index contributed by atoms with van der Waals surface area (Å²) < 4.78 is 0. The maximum Gasteiger partial charge on any atom is 0.157 e. The number of rotatable bonds is 5. The number of hydrogen-bond donors (Lipinski definition) is 1. The second-order valence-electron chi connectivity index (χ2n) is 7.61. The third-order valence-electron chi connectivity index (χ3n) is 5.93. The van der Waals surface area contributed by atoms with Crippen LogP contribution in [0.1, 0.15) is 23.6 Å². The number of nitrogens with one attached hydrogen (secondary N) is 1. The van der Waals surface area contributed by atoms with Gasteiger partial charge in [-0.15, -0.1) is 0 Å². The topological polar surface area (TPSA) is 29.1 Å². The lowest BCUT2D eigenvalue weighted by Gasteiger charge is -2.37. The molecule has 3 aromatic rings. The Kier molecular flexibility index (Phi) is 4.60. The number of fused-ring (bicyclic) bond motifs is 3. The van der Waals surface area contributed by atoms with Crippen molar-refractivity contribution in [3.8, 4) is 11.1 Å². The lowest BCUT2D eigenvalue weighted by Crippen LogP contribution is -2.51. The first-order chi connectivity index (χ1) is 14.2. The second kappa shape index (κ2) is 7.27. The van der Waals surface area contributed by atoms with E-state index in [0.717, 1.165) is 11.5 Å². The van der Waals surface area contributed by atoms with Gasteiger partial charge in [0.25, 0.3) is 0 Å². The molecule has 0 aromatic heterocycles. The van der Waals surface area contributed by atoms with Crippen molar-refractivity contribution in [2.45, 2.75) is 18.5 Å². The average molecular weight is 376 g/mol. The third kappa shape index (κ3) is 2.86. The van der Waals surface area contributed by atoms with E-state index in [9.17, 15) is 4.79 Å². The van der Waals surface area contributed by atoms with E-state index < -0.39 is 5.54 Å². The molecule has 5 radical (unpaired) electrons. The van der Waals surface area contributed by atoms with Crippen molar-refractivity contribution < 1.29 is 4.79 Å². The summed E-state index contributed by atoms with van der Waals surface area (Å²) in [6.07, 6.45) is 7.58. The highest BCUT2D eigenvalue weighted by Crippen LogP contribution is 2.51. The van der Waals surface area contributed by atoms with E-state index >= 15 is 0 Å². The highest BCUT2D eigenvalue weighted by molar-refractivity contribution is 6.01. The fourth-order valence-electron chi connectivity index (χ4n) is 4.65. The van der Waals surface area contributed by atoms with Crippen molar-refractivity contribution in [2.24, 2.45) is 0 Å². The van der Waals surface area contributed by atoms with Crippen LogP contribution in [0.3, 0.4) is 0 Å². The van der Waals surface area contributed by atoms with Gasteiger partial charge in [0.15, 0.2) is 5.78 Å². The molecule has 2 aliphatic rings. The van der Waals surface area contributed by atoms with Gasteiger partial charge in [-0.25, -0.2) is 0 Å². The molecule has 0 unspecified atom stereocenters. The number of carbonyl (C=O) groups is 1. The molecule has 0 aliphatic heterocycles. The summed E-state index contributed by atoms with van der Waals surface area (Å²) in [6, 6.07) is 27.1. The lowest BCUT2D eigenvalue weighted by molar-refractivity contribution is -0.118. The van der Waals surface area contributed by atoms with E-state index in [1.54, 1.807) is 0 Å². The summed E-state index contributed by atoms with van der Waals surface area (Å²) in [5.41, 5.74) is 5.37. The third-order valence-corrected chi connectivity index (χ3v) is 5.93. The Morgan fingerprint density at radius 2 is 1.28 bits per heavy atom. The summed E-state index contributed by atoms with van der Waals surface area (Å²) in [5.74, 6) is 0.847. The van der Waals surface area contributed by atoms with Crippen molar-refractivity contribution in [1.29, 1.82) is 0 Å². The summed E-state index contributed by atoms with van der Waals surface area (Å²) in [5, 5.41) is 3.76. The van der Waals surface area contributed by atoms with Gasteiger partial charge >= 0.3 is 0 Å². The van der Waals surface area contributed by atoms with E-state index in [1.807, 2.05) is 38.7 Å². The van der Waals surface area contributed by atoms with E-state index in [1.165, 1.54) is 22.3 Å². The van der Waals surface area contributed by atoms with E-state index in [4.69, 9.17) is 0 Å². The minimum absolute atomic E-state index is 0.104. The molecule has 2 aliphatic carbocycles. The van der Waals surface area contributed by atoms with Crippen LogP contribution in [-0.2, 0) is 10.3 Å². The summed E-state index contributed by atoms with van der Waals surface area (Å²) in [7, 11) is 0. The fraction of sp³-hybridized carbons (Fsp3) is 0.111. The van der Waals surface area contributed by atoms with E-state index in [-0.39, 0.29) is 11.8 Å². The highest BCUT2D eigenvalue weighted by Gasteiger charge is 2.46. The SMILES string of the molecule is C[C@H](NC1(c2ccccc2)c2ccccc2-c2ccccc21)C(=O)[C]1[CH][CH][CH][CH]1. The normalized spacial score (nSPS) is 18.2.